The summed E-state index contributed by atoms with van der Waals surface area (Å²) < 4.78 is 5.37. The summed E-state index contributed by atoms with van der Waals surface area (Å²) in [6.45, 7) is 2.70. The van der Waals surface area contributed by atoms with Crippen molar-refractivity contribution >= 4 is 0 Å². The molecule has 0 aromatic carbocycles. The Balaban J connectivity index is 1.78. The van der Waals surface area contributed by atoms with Crippen LogP contribution in [0.5, 0.6) is 0 Å². The number of hydrogen-bond donors (Lipinski definition) is 1. The van der Waals surface area contributed by atoms with E-state index in [1.807, 2.05) is 6.92 Å². The molecule has 1 N–H and O–H groups in total. The molecule has 1 fully saturated rings. The fraction of sp³-hybridized carbons (Fsp3) is 0.700. The van der Waals surface area contributed by atoms with Crippen LogP contribution in [0.1, 0.15) is 37.3 Å². The lowest BCUT2D eigenvalue weighted by Crippen LogP contribution is -2.24. The lowest BCUT2D eigenvalue weighted by Gasteiger charge is -2.09. The van der Waals surface area contributed by atoms with Gasteiger partial charge in [-0.1, -0.05) is 12.8 Å². The van der Waals surface area contributed by atoms with E-state index in [-0.39, 0.29) is 0 Å². The largest absolute Gasteiger partial charge is 0.445 e. The third-order valence-corrected chi connectivity index (χ3v) is 2.59. The van der Waals surface area contributed by atoms with E-state index >= 15 is 0 Å². The first-order valence-corrected chi connectivity index (χ1v) is 4.99. The molecule has 0 amide bonds. The molecule has 3 nitrogen and oxygen atoms in total. The van der Waals surface area contributed by atoms with Gasteiger partial charge in [0.2, 0.25) is 0 Å². The highest BCUT2D eigenvalue weighted by Gasteiger charge is 2.14. The zero-order valence-corrected chi connectivity index (χ0v) is 8.05. The van der Waals surface area contributed by atoms with E-state index < -0.39 is 0 Å². The molecule has 1 heterocycles. The average Bonchev–Trinajstić information content (AvgIpc) is 2.71. The molecule has 0 spiro atoms. The summed E-state index contributed by atoms with van der Waals surface area (Å²) in [7, 11) is 0. The monoisotopic (exact) mass is 180 g/mol. The van der Waals surface area contributed by atoms with Crippen molar-refractivity contribution in [3.8, 4) is 0 Å². The number of aryl methyl sites for hydroxylation is 1. The lowest BCUT2D eigenvalue weighted by atomic mass is 10.2. The molecule has 3 heteroatoms. The van der Waals surface area contributed by atoms with Crippen molar-refractivity contribution in [2.75, 3.05) is 0 Å². The molecule has 0 bridgehead atoms. The maximum atomic E-state index is 5.37. The van der Waals surface area contributed by atoms with Crippen molar-refractivity contribution in [3.05, 3.63) is 17.8 Å². The molecule has 0 radical (unpaired) electrons. The molecule has 1 aromatic heterocycles. The van der Waals surface area contributed by atoms with Crippen molar-refractivity contribution in [1.82, 2.24) is 10.3 Å². The predicted molar refractivity (Wildman–Crippen MR) is 50.3 cm³/mol. The SMILES string of the molecule is Cc1ncc(CNC2CCCC2)o1. The first-order chi connectivity index (χ1) is 6.34. The third kappa shape index (κ3) is 2.31. The minimum atomic E-state index is 0.699. The number of aromatic nitrogens is 1. The summed E-state index contributed by atoms with van der Waals surface area (Å²) in [5, 5.41) is 3.48. The normalized spacial score (nSPS) is 18.2. The van der Waals surface area contributed by atoms with Crippen LogP contribution in [0.25, 0.3) is 0 Å². The van der Waals surface area contributed by atoms with E-state index in [1.54, 1.807) is 6.20 Å². The highest BCUT2D eigenvalue weighted by Crippen LogP contribution is 2.18. The zero-order valence-electron chi connectivity index (χ0n) is 8.05. The minimum Gasteiger partial charge on any atom is -0.445 e. The van der Waals surface area contributed by atoms with Crippen molar-refractivity contribution in [2.45, 2.75) is 45.2 Å². The van der Waals surface area contributed by atoms with Gasteiger partial charge in [0.1, 0.15) is 5.76 Å². The van der Waals surface area contributed by atoms with Crippen LogP contribution in [0.2, 0.25) is 0 Å². The number of nitrogens with zero attached hydrogens (tertiary/aromatic N) is 1. The van der Waals surface area contributed by atoms with Crippen LogP contribution in [0.3, 0.4) is 0 Å². The smallest absolute Gasteiger partial charge is 0.191 e. The molecule has 0 atom stereocenters. The van der Waals surface area contributed by atoms with E-state index in [1.165, 1.54) is 25.7 Å². The Morgan fingerprint density at radius 3 is 2.92 bits per heavy atom. The van der Waals surface area contributed by atoms with Crippen molar-refractivity contribution in [3.63, 3.8) is 0 Å². The molecule has 1 aromatic rings. The quantitative estimate of drug-likeness (QED) is 0.773. The molecule has 1 saturated carbocycles. The van der Waals surface area contributed by atoms with Crippen LogP contribution in [0.15, 0.2) is 10.6 Å². The second-order valence-corrected chi connectivity index (χ2v) is 3.71. The van der Waals surface area contributed by atoms with Gasteiger partial charge in [-0.15, -0.1) is 0 Å². The molecule has 0 unspecified atom stereocenters. The van der Waals surface area contributed by atoms with Crippen molar-refractivity contribution < 1.29 is 4.42 Å². The second-order valence-electron chi connectivity index (χ2n) is 3.71. The average molecular weight is 180 g/mol. The highest BCUT2D eigenvalue weighted by atomic mass is 16.4. The van der Waals surface area contributed by atoms with E-state index in [4.69, 9.17) is 4.42 Å². The van der Waals surface area contributed by atoms with E-state index in [0.29, 0.717) is 6.04 Å². The van der Waals surface area contributed by atoms with E-state index in [0.717, 1.165) is 18.2 Å². The van der Waals surface area contributed by atoms with Gasteiger partial charge >= 0.3 is 0 Å². The number of hydrogen-bond acceptors (Lipinski definition) is 3. The molecule has 13 heavy (non-hydrogen) atoms. The van der Waals surface area contributed by atoms with Gasteiger partial charge in [0.15, 0.2) is 5.89 Å². The summed E-state index contributed by atoms with van der Waals surface area (Å²) in [6, 6.07) is 0.699. The van der Waals surface area contributed by atoms with Crippen LogP contribution >= 0.6 is 0 Å². The molecule has 1 aliphatic carbocycles. The van der Waals surface area contributed by atoms with Crippen LogP contribution < -0.4 is 5.32 Å². The summed E-state index contributed by atoms with van der Waals surface area (Å²) in [4.78, 5) is 4.06. The van der Waals surface area contributed by atoms with Crippen molar-refractivity contribution in [1.29, 1.82) is 0 Å². The molecule has 0 saturated heterocycles. The molecule has 1 aliphatic rings. The highest BCUT2D eigenvalue weighted by molar-refractivity contribution is 4.93. The van der Waals surface area contributed by atoms with Gasteiger partial charge in [0.25, 0.3) is 0 Å². The summed E-state index contributed by atoms with van der Waals surface area (Å²) in [5.41, 5.74) is 0. The fourth-order valence-electron chi connectivity index (χ4n) is 1.86. The van der Waals surface area contributed by atoms with Crippen LogP contribution in [-0.2, 0) is 6.54 Å². The van der Waals surface area contributed by atoms with Crippen LogP contribution in [0.4, 0.5) is 0 Å². The maximum absolute atomic E-state index is 5.37. The first kappa shape index (κ1) is 8.75. The molecule has 0 aliphatic heterocycles. The van der Waals surface area contributed by atoms with Gasteiger partial charge in [0, 0.05) is 13.0 Å². The zero-order chi connectivity index (χ0) is 9.10. The Kier molecular flexibility index (Phi) is 2.64. The van der Waals surface area contributed by atoms with Gasteiger partial charge in [-0.2, -0.15) is 0 Å². The maximum Gasteiger partial charge on any atom is 0.191 e. The number of rotatable bonds is 3. The van der Waals surface area contributed by atoms with Crippen LogP contribution in [-0.4, -0.2) is 11.0 Å². The molecule has 2 rings (SSSR count). The Hall–Kier alpha value is -0.830. The van der Waals surface area contributed by atoms with E-state index in [9.17, 15) is 0 Å². The summed E-state index contributed by atoms with van der Waals surface area (Å²) in [6.07, 6.45) is 7.16. The fourth-order valence-corrected chi connectivity index (χ4v) is 1.86. The predicted octanol–water partition coefficient (Wildman–Crippen LogP) is 2.02. The third-order valence-electron chi connectivity index (χ3n) is 2.59. The van der Waals surface area contributed by atoms with Crippen molar-refractivity contribution in [2.24, 2.45) is 0 Å². The second kappa shape index (κ2) is 3.92. The topological polar surface area (TPSA) is 38.1 Å². The Morgan fingerprint density at radius 2 is 2.31 bits per heavy atom. The lowest BCUT2D eigenvalue weighted by molar-refractivity contribution is 0.429. The van der Waals surface area contributed by atoms with E-state index in [2.05, 4.69) is 10.3 Å². The first-order valence-electron chi connectivity index (χ1n) is 4.99. The molecular weight excluding hydrogens is 164 g/mol. The van der Waals surface area contributed by atoms with Gasteiger partial charge in [-0.05, 0) is 12.8 Å². The summed E-state index contributed by atoms with van der Waals surface area (Å²) in [5.74, 6) is 1.70. The minimum absolute atomic E-state index is 0.699. The molecular formula is C10H16N2O. The van der Waals surface area contributed by atoms with Gasteiger partial charge in [-0.25, -0.2) is 4.98 Å². The Labute approximate surface area is 78.5 Å². The number of nitrogens with one attached hydrogen (secondary N) is 1. The van der Waals surface area contributed by atoms with Gasteiger partial charge in [-0.3, -0.25) is 0 Å². The molecule has 72 valence electrons. The standard InChI is InChI=1S/C10H16N2O/c1-8-11-6-10(13-8)7-12-9-4-2-3-5-9/h6,9,12H,2-5,7H2,1H3. The Morgan fingerprint density at radius 1 is 1.54 bits per heavy atom. The van der Waals surface area contributed by atoms with Crippen LogP contribution in [0, 0.1) is 6.92 Å². The summed E-state index contributed by atoms with van der Waals surface area (Å²) >= 11 is 0. The number of oxazole rings is 1. The van der Waals surface area contributed by atoms with Gasteiger partial charge < -0.3 is 9.73 Å². The Bertz CT molecular complexity index is 264. The van der Waals surface area contributed by atoms with Gasteiger partial charge in [0.05, 0.1) is 12.7 Å².